The zero-order valence-corrected chi connectivity index (χ0v) is 16.6. The van der Waals surface area contributed by atoms with E-state index in [2.05, 4.69) is 20.5 Å². The Hall–Kier alpha value is -2.65. The molecule has 9 heteroatoms. The predicted molar refractivity (Wildman–Crippen MR) is 105 cm³/mol. The molecule has 8 nitrogen and oxygen atoms in total. The number of anilines is 2. The SMILES string of the molecule is CCN(CC)S(=O)(=O)c1ccc(OC)c(Nc2nccc3n[nH]c(C)c23)c1. The molecule has 0 aliphatic rings. The molecule has 0 saturated carbocycles. The number of methoxy groups -OCH3 is 1. The van der Waals surface area contributed by atoms with Crippen molar-refractivity contribution in [2.75, 3.05) is 25.5 Å². The molecule has 0 bridgehead atoms. The van der Waals surface area contributed by atoms with Gasteiger partial charge in [-0.25, -0.2) is 13.4 Å². The highest BCUT2D eigenvalue weighted by Gasteiger charge is 2.23. The van der Waals surface area contributed by atoms with Crippen LogP contribution in [0.25, 0.3) is 10.9 Å². The van der Waals surface area contributed by atoms with Crippen molar-refractivity contribution in [1.82, 2.24) is 19.5 Å². The Morgan fingerprint density at radius 1 is 1.22 bits per heavy atom. The van der Waals surface area contributed by atoms with Gasteiger partial charge in [0, 0.05) is 25.0 Å². The molecular formula is C18H23N5O3S. The van der Waals surface area contributed by atoms with E-state index in [1.54, 1.807) is 24.4 Å². The van der Waals surface area contributed by atoms with Crippen LogP contribution in [0.1, 0.15) is 19.5 Å². The van der Waals surface area contributed by atoms with Gasteiger partial charge in [-0.1, -0.05) is 13.8 Å². The van der Waals surface area contributed by atoms with Crippen molar-refractivity contribution in [2.45, 2.75) is 25.7 Å². The van der Waals surface area contributed by atoms with Gasteiger partial charge in [-0.3, -0.25) is 5.10 Å². The fraction of sp³-hybridized carbons (Fsp3) is 0.333. The van der Waals surface area contributed by atoms with Crippen LogP contribution in [0.2, 0.25) is 0 Å². The highest BCUT2D eigenvalue weighted by atomic mass is 32.2. The Bertz CT molecular complexity index is 1060. The van der Waals surface area contributed by atoms with Crippen molar-refractivity contribution in [3.8, 4) is 5.75 Å². The van der Waals surface area contributed by atoms with Crippen molar-refractivity contribution in [2.24, 2.45) is 0 Å². The Morgan fingerprint density at radius 3 is 2.63 bits per heavy atom. The molecule has 1 aromatic carbocycles. The number of pyridine rings is 1. The first kappa shape index (κ1) is 19.1. The normalized spacial score (nSPS) is 11.9. The number of benzene rings is 1. The van der Waals surface area contributed by atoms with Crippen LogP contribution >= 0.6 is 0 Å². The maximum absolute atomic E-state index is 12.9. The quantitative estimate of drug-likeness (QED) is 0.644. The minimum absolute atomic E-state index is 0.200. The number of H-pyrrole nitrogens is 1. The molecule has 0 atom stereocenters. The third-order valence-electron chi connectivity index (χ3n) is 4.42. The van der Waals surface area contributed by atoms with E-state index < -0.39 is 10.0 Å². The molecule has 0 saturated heterocycles. The molecule has 0 radical (unpaired) electrons. The Labute approximate surface area is 158 Å². The number of nitrogens with zero attached hydrogens (tertiary/aromatic N) is 3. The van der Waals surface area contributed by atoms with Gasteiger partial charge in [0.15, 0.2) is 0 Å². The minimum atomic E-state index is -3.58. The molecule has 3 rings (SSSR count). The monoisotopic (exact) mass is 389 g/mol. The van der Waals surface area contributed by atoms with Crippen LogP contribution < -0.4 is 10.1 Å². The molecule has 2 aromatic heterocycles. The lowest BCUT2D eigenvalue weighted by molar-refractivity contribution is 0.416. The molecule has 0 unspecified atom stereocenters. The molecule has 0 aliphatic carbocycles. The zero-order valence-electron chi connectivity index (χ0n) is 15.8. The van der Waals surface area contributed by atoms with Gasteiger partial charge >= 0.3 is 0 Å². The summed E-state index contributed by atoms with van der Waals surface area (Å²) < 4.78 is 32.5. The van der Waals surface area contributed by atoms with Gasteiger partial charge in [0.05, 0.1) is 28.6 Å². The fourth-order valence-electron chi connectivity index (χ4n) is 2.99. The summed E-state index contributed by atoms with van der Waals surface area (Å²) in [5.41, 5.74) is 2.16. The lowest BCUT2D eigenvalue weighted by atomic mass is 10.2. The van der Waals surface area contributed by atoms with Crippen LogP contribution in [-0.2, 0) is 10.0 Å². The van der Waals surface area contributed by atoms with Gasteiger partial charge in [-0.15, -0.1) is 0 Å². The van der Waals surface area contributed by atoms with Crippen LogP contribution in [0.15, 0.2) is 35.4 Å². The van der Waals surface area contributed by atoms with Crippen LogP contribution in [0.3, 0.4) is 0 Å². The van der Waals surface area contributed by atoms with E-state index in [9.17, 15) is 8.42 Å². The maximum atomic E-state index is 12.9. The second-order valence-electron chi connectivity index (χ2n) is 5.98. The highest BCUT2D eigenvalue weighted by molar-refractivity contribution is 7.89. The number of aromatic amines is 1. The van der Waals surface area contributed by atoms with Gasteiger partial charge in [-0.05, 0) is 31.2 Å². The van der Waals surface area contributed by atoms with E-state index in [-0.39, 0.29) is 4.90 Å². The van der Waals surface area contributed by atoms with Crippen LogP contribution in [0.5, 0.6) is 5.75 Å². The van der Waals surface area contributed by atoms with E-state index in [0.29, 0.717) is 30.3 Å². The number of sulfonamides is 1. The number of hydrogen-bond acceptors (Lipinski definition) is 6. The second kappa shape index (κ2) is 7.53. The van der Waals surface area contributed by atoms with Crippen molar-refractivity contribution < 1.29 is 13.2 Å². The topological polar surface area (TPSA) is 100 Å². The average Bonchev–Trinajstić information content (AvgIpc) is 3.04. The first-order valence-corrected chi connectivity index (χ1v) is 10.1. The molecule has 0 fully saturated rings. The molecule has 2 heterocycles. The smallest absolute Gasteiger partial charge is 0.243 e. The summed E-state index contributed by atoms with van der Waals surface area (Å²) in [6, 6.07) is 6.57. The van der Waals surface area contributed by atoms with E-state index in [4.69, 9.17) is 4.74 Å². The summed E-state index contributed by atoms with van der Waals surface area (Å²) in [6.07, 6.45) is 1.65. The van der Waals surface area contributed by atoms with E-state index in [1.165, 1.54) is 11.4 Å². The lowest BCUT2D eigenvalue weighted by Gasteiger charge is -2.20. The fourth-order valence-corrected chi connectivity index (χ4v) is 4.48. The zero-order chi connectivity index (χ0) is 19.6. The van der Waals surface area contributed by atoms with Gasteiger partial charge < -0.3 is 10.1 Å². The molecule has 0 spiro atoms. The van der Waals surface area contributed by atoms with Crippen molar-refractivity contribution in [3.63, 3.8) is 0 Å². The number of hydrogen-bond donors (Lipinski definition) is 2. The lowest BCUT2D eigenvalue weighted by Crippen LogP contribution is -2.30. The van der Waals surface area contributed by atoms with E-state index in [1.807, 2.05) is 26.8 Å². The Morgan fingerprint density at radius 2 is 1.96 bits per heavy atom. The first-order valence-electron chi connectivity index (χ1n) is 8.67. The maximum Gasteiger partial charge on any atom is 0.243 e. The van der Waals surface area contributed by atoms with Gasteiger partial charge in [0.2, 0.25) is 10.0 Å². The van der Waals surface area contributed by atoms with Gasteiger partial charge in [0.1, 0.15) is 11.6 Å². The minimum Gasteiger partial charge on any atom is -0.495 e. The average molecular weight is 389 g/mol. The number of fused-ring (bicyclic) bond motifs is 1. The van der Waals surface area contributed by atoms with Gasteiger partial charge in [0.25, 0.3) is 0 Å². The van der Waals surface area contributed by atoms with Crippen LogP contribution in [-0.4, -0.2) is 48.1 Å². The molecule has 3 aromatic rings. The molecule has 144 valence electrons. The Balaban J connectivity index is 2.08. The van der Waals surface area contributed by atoms with Crippen molar-refractivity contribution in [3.05, 3.63) is 36.2 Å². The molecular weight excluding hydrogens is 366 g/mol. The third-order valence-corrected chi connectivity index (χ3v) is 6.46. The molecule has 2 N–H and O–H groups in total. The summed E-state index contributed by atoms with van der Waals surface area (Å²) in [6.45, 7) is 6.35. The largest absolute Gasteiger partial charge is 0.495 e. The van der Waals surface area contributed by atoms with Crippen molar-refractivity contribution >= 4 is 32.4 Å². The van der Waals surface area contributed by atoms with Crippen molar-refractivity contribution in [1.29, 1.82) is 0 Å². The summed E-state index contributed by atoms with van der Waals surface area (Å²) in [5, 5.41) is 11.2. The third kappa shape index (κ3) is 3.47. The van der Waals surface area contributed by atoms with E-state index in [0.717, 1.165) is 16.6 Å². The summed E-state index contributed by atoms with van der Waals surface area (Å²) in [5.74, 6) is 1.10. The van der Waals surface area contributed by atoms with E-state index >= 15 is 0 Å². The van der Waals surface area contributed by atoms with Gasteiger partial charge in [-0.2, -0.15) is 9.40 Å². The molecule has 0 amide bonds. The highest BCUT2D eigenvalue weighted by Crippen LogP contribution is 2.33. The molecule has 27 heavy (non-hydrogen) atoms. The van der Waals surface area contributed by atoms with Crippen LogP contribution in [0.4, 0.5) is 11.5 Å². The number of aryl methyl sites for hydroxylation is 1. The Kier molecular flexibility index (Phi) is 5.33. The summed E-state index contributed by atoms with van der Waals surface area (Å²) >= 11 is 0. The first-order chi connectivity index (χ1) is 12.9. The number of aromatic nitrogens is 3. The standard InChI is InChI=1S/C18H23N5O3S/c1-5-23(6-2)27(24,25)13-7-8-16(26-4)15(11-13)20-18-17-12(3)21-22-14(17)9-10-19-18/h7-11H,5-6H2,1-4H3,(H,19,20)(H,21,22). The summed E-state index contributed by atoms with van der Waals surface area (Å²) in [4.78, 5) is 4.58. The number of ether oxygens (including phenoxy) is 1. The number of nitrogens with one attached hydrogen (secondary N) is 2. The second-order valence-corrected chi connectivity index (χ2v) is 7.92. The predicted octanol–water partition coefficient (Wildman–Crippen LogP) is 3.05. The van der Waals surface area contributed by atoms with Crippen LogP contribution in [0, 0.1) is 6.92 Å². The number of rotatable bonds is 7. The summed E-state index contributed by atoms with van der Waals surface area (Å²) in [7, 11) is -2.04. The molecule has 0 aliphatic heterocycles.